The maximum atomic E-state index is 14.4. The van der Waals surface area contributed by atoms with Crippen LogP contribution in [0.2, 0.25) is 5.02 Å². The van der Waals surface area contributed by atoms with Crippen LogP contribution in [0, 0.1) is 28.1 Å². The van der Waals surface area contributed by atoms with Crippen LogP contribution in [0.1, 0.15) is 107 Å². The summed E-state index contributed by atoms with van der Waals surface area (Å²) in [6.07, 6.45) is 6.77. The minimum absolute atomic E-state index is 0.0120. The van der Waals surface area contributed by atoms with E-state index < -0.39 is 6.04 Å². The van der Waals surface area contributed by atoms with E-state index in [-0.39, 0.29) is 58.7 Å². The highest BCUT2D eigenvalue weighted by Gasteiger charge is 2.64. The van der Waals surface area contributed by atoms with Crippen LogP contribution in [0.15, 0.2) is 84.2 Å². The molecule has 1 aromatic heterocycles. The van der Waals surface area contributed by atoms with Gasteiger partial charge in [0.15, 0.2) is 0 Å². The number of halogens is 1. The van der Waals surface area contributed by atoms with Crippen molar-refractivity contribution in [2.75, 3.05) is 45.3 Å². The largest absolute Gasteiger partial charge is 0.491 e. The third kappa shape index (κ3) is 10.9. The van der Waals surface area contributed by atoms with Crippen molar-refractivity contribution in [2.45, 2.75) is 110 Å². The number of hydrogen-bond acceptors (Lipinski definition) is 11. The molecule has 4 aromatic carbocycles. The number of rotatable bonds is 19. The zero-order valence-electron chi connectivity index (χ0n) is 41.1. The first-order chi connectivity index (χ1) is 33.7. The van der Waals surface area contributed by atoms with Crippen molar-refractivity contribution in [2.24, 2.45) is 16.7 Å². The van der Waals surface area contributed by atoms with E-state index in [2.05, 4.69) is 78.6 Å². The van der Waals surface area contributed by atoms with Gasteiger partial charge in [-0.15, -0.1) is 11.3 Å². The van der Waals surface area contributed by atoms with Crippen molar-refractivity contribution in [1.29, 1.82) is 5.26 Å². The van der Waals surface area contributed by atoms with Crippen LogP contribution in [-0.2, 0) is 14.3 Å². The van der Waals surface area contributed by atoms with Crippen LogP contribution in [0.5, 0.6) is 11.5 Å². The van der Waals surface area contributed by atoms with Crippen LogP contribution < -0.4 is 30.7 Å². The van der Waals surface area contributed by atoms with Crippen molar-refractivity contribution < 1.29 is 28.6 Å². The van der Waals surface area contributed by atoms with E-state index in [9.17, 15) is 19.6 Å². The number of thiazole rings is 1. The van der Waals surface area contributed by atoms with E-state index in [1.54, 1.807) is 36.6 Å². The molecule has 3 amide bonds. The third-order valence-electron chi connectivity index (χ3n) is 14.7. The number of nitrogens with zero attached hydrogens (tertiary/aromatic N) is 3. The van der Waals surface area contributed by atoms with E-state index >= 15 is 0 Å². The minimum atomic E-state index is -0.532. The number of nitriles is 1. The van der Waals surface area contributed by atoms with Gasteiger partial charge >= 0.3 is 0 Å². The molecular weight excluding hydrogens is 922 g/mol. The van der Waals surface area contributed by atoms with E-state index in [4.69, 9.17) is 30.8 Å². The van der Waals surface area contributed by atoms with Crippen LogP contribution >= 0.6 is 22.9 Å². The Kier molecular flexibility index (Phi) is 16.0. The lowest BCUT2D eigenvalue weighted by Gasteiger charge is -2.63. The molecule has 3 atom stereocenters. The zero-order valence-corrected chi connectivity index (χ0v) is 42.7. The van der Waals surface area contributed by atoms with E-state index in [1.807, 2.05) is 54.3 Å². The molecule has 2 aliphatic carbocycles. The second kappa shape index (κ2) is 22.1. The number of ether oxygens (including phenoxy) is 3. The molecule has 70 heavy (non-hydrogen) atoms. The summed E-state index contributed by atoms with van der Waals surface area (Å²) in [6, 6.07) is 25.6. The van der Waals surface area contributed by atoms with Gasteiger partial charge < -0.3 is 40.4 Å². The summed E-state index contributed by atoms with van der Waals surface area (Å²) in [5, 5.41) is 27.4. The average Bonchev–Trinajstić information content (AvgIpc) is 4.07. The Bertz CT molecular complexity index is 2680. The predicted octanol–water partition coefficient (Wildman–Crippen LogP) is 9.94. The minimum Gasteiger partial charge on any atom is -0.491 e. The molecule has 0 spiro atoms. The Labute approximate surface area is 421 Å². The average molecular weight is 989 g/mol. The van der Waals surface area contributed by atoms with Gasteiger partial charge in [-0.1, -0.05) is 82.8 Å². The van der Waals surface area contributed by atoms with E-state index in [0.717, 1.165) is 77.0 Å². The fourth-order valence-corrected chi connectivity index (χ4v) is 12.2. The number of likely N-dealkylation sites (N-methyl/N-ethyl adjacent to an activating group) is 1. The number of amides is 3. The van der Waals surface area contributed by atoms with Crippen LogP contribution in [-0.4, -0.2) is 91.8 Å². The van der Waals surface area contributed by atoms with Gasteiger partial charge in [-0.25, -0.2) is 4.98 Å². The molecular formula is C55H66ClN7O6S. The summed E-state index contributed by atoms with van der Waals surface area (Å²) in [5.74, 6) is 1.22. The van der Waals surface area contributed by atoms with Gasteiger partial charge in [0.05, 0.1) is 41.6 Å². The number of aromatic nitrogens is 1. The topological polar surface area (TPSA) is 167 Å². The molecule has 0 bridgehead atoms. The number of fused-ring (bicyclic) bond motifs is 1. The highest BCUT2D eigenvalue weighted by Crippen LogP contribution is 2.55. The number of nitrogens with one attached hydrogen (secondary N) is 4. The Balaban J connectivity index is 0.801. The predicted molar refractivity (Wildman–Crippen MR) is 276 cm³/mol. The van der Waals surface area contributed by atoms with E-state index in [0.29, 0.717) is 54.8 Å². The fourth-order valence-electron chi connectivity index (χ4n) is 11.0. The quantitative estimate of drug-likeness (QED) is 0.0585. The van der Waals surface area contributed by atoms with Crippen molar-refractivity contribution in [3.05, 3.63) is 105 Å². The highest BCUT2D eigenvalue weighted by atomic mass is 35.5. The first kappa shape index (κ1) is 50.7. The van der Waals surface area contributed by atoms with E-state index in [1.165, 1.54) is 6.42 Å². The van der Waals surface area contributed by atoms with Gasteiger partial charge in [0.25, 0.3) is 5.91 Å². The molecule has 2 saturated carbocycles. The molecule has 15 heteroatoms. The Morgan fingerprint density at radius 1 is 0.914 bits per heavy atom. The molecule has 4 N–H and O–H groups in total. The van der Waals surface area contributed by atoms with Gasteiger partial charge in [0.2, 0.25) is 11.8 Å². The lowest BCUT2D eigenvalue weighted by atomic mass is 9.49. The SMILES string of the molecule is CN[C@@H](C)C(=O)NC(C(=O)N1CCC[C@H]1c1nc(-c2ccc(OCCOCCNc3ccc(C(=O)N[C@H]4C(C)(C)[C@H](Oc5ccc(C#N)c(Cl)c5)C4(C)C)cc3)c3ccccc23)cs1)C1CCCCC1. The van der Waals surface area contributed by atoms with Gasteiger partial charge in [0.1, 0.15) is 41.3 Å². The molecule has 5 aromatic rings. The first-order valence-electron chi connectivity index (χ1n) is 24.7. The lowest BCUT2D eigenvalue weighted by Crippen LogP contribution is -2.74. The van der Waals surface area contributed by atoms with Crippen LogP contribution in [0.3, 0.4) is 0 Å². The van der Waals surface area contributed by atoms with Crippen LogP contribution in [0.25, 0.3) is 22.0 Å². The normalized spacial score (nSPS) is 20.4. The summed E-state index contributed by atoms with van der Waals surface area (Å²) in [7, 11) is 1.76. The first-order valence-corrected chi connectivity index (χ1v) is 25.9. The van der Waals surface area contributed by atoms with Gasteiger partial charge in [-0.2, -0.15) is 5.26 Å². The van der Waals surface area contributed by atoms with Gasteiger partial charge in [-0.05, 0) is 99.5 Å². The van der Waals surface area contributed by atoms with Gasteiger partial charge in [-0.3, -0.25) is 14.4 Å². The van der Waals surface area contributed by atoms with Crippen molar-refractivity contribution in [3.8, 4) is 28.8 Å². The lowest BCUT2D eigenvalue weighted by molar-refractivity contribution is -0.164. The van der Waals surface area contributed by atoms with Crippen molar-refractivity contribution >= 4 is 57.1 Å². The number of carbonyl (C=O) groups is 3. The monoisotopic (exact) mass is 987 g/mol. The van der Waals surface area contributed by atoms with Crippen molar-refractivity contribution in [1.82, 2.24) is 25.8 Å². The highest BCUT2D eigenvalue weighted by molar-refractivity contribution is 7.10. The van der Waals surface area contributed by atoms with Gasteiger partial charge in [0, 0.05) is 63.6 Å². The number of carbonyl (C=O) groups excluding carboxylic acids is 3. The fraction of sp³-hybridized carbons (Fsp3) is 0.473. The third-order valence-corrected chi connectivity index (χ3v) is 15.9. The molecule has 2 heterocycles. The smallest absolute Gasteiger partial charge is 0.251 e. The zero-order chi connectivity index (χ0) is 49.6. The molecule has 3 fully saturated rings. The number of likely N-dealkylation sites (tertiary alicyclic amines) is 1. The summed E-state index contributed by atoms with van der Waals surface area (Å²) < 4.78 is 18.6. The van der Waals surface area contributed by atoms with Crippen LogP contribution in [0.4, 0.5) is 5.69 Å². The summed E-state index contributed by atoms with van der Waals surface area (Å²) >= 11 is 7.85. The van der Waals surface area contributed by atoms with Crippen molar-refractivity contribution in [3.63, 3.8) is 0 Å². The summed E-state index contributed by atoms with van der Waals surface area (Å²) in [4.78, 5) is 48.0. The molecule has 0 radical (unpaired) electrons. The second-order valence-corrected chi connectivity index (χ2v) is 21.4. The molecule has 3 aliphatic rings. The number of benzene rings is 4. The standard InChI is InChI=1S/C55H66ClN7O6S/c1-34(58-6)48(64)61-47(35-13-8-7-9-14-35)51(66)63-27-12-17-45(63)50-60-44(33-70-50)41-24-25-46(42-16-11-10-15-40(41)42)68-30-29-67-28-26-59-38-21-18-36(19-22-38)49(65)62-52-54(2,3)53(55(52,4)5)69-39-23-20-37(32-57)43(56)31-39/h10-11,15-16,18-25,31,33-35,45,47,52-53,58-59H,7-9,12-14,17,26-30H2,1-6H3,(H,61,64)(H,62,65)/t34-,45-,47?,52-,53-/m0/s1. The molecule has 1 aliphatic heterocycles. The summed E-state index contributed by atoms with van der Waals surface area (Å²) in [5.41, 5.74) is 2.98. The number of anilines is 1. The summed E-state index contributed by atoms with van der Waals surface area (Å²) in [6.45, 7) is 12.6. The molecule has 13 nitrogen and oxygen atoms in total. The maximum Gasteiger partial charge on any atom is 0.251 e. The Hall–Kier alpha value is -5.72. The maximum absolute atomic E-state index is 14.4. The number of hydrogen-bond donors (Lipinski definition) is 4. The Morgan fingerprint density at radius 3 is 2.37 bits per heavy atom. The molecule has 1 saturated heterocycles. The molecule has 8 rings (SSSR count). The molecule has 370 valence electrons. The second-order valence-electron chi connectivity index (χ2n) is 20.1. The Morgan fingerprint density at radius 2 is 1.66 bits per heavy atom. The molecule has 1 unspecified atom stereocenters.